The molecule has 2 aliphatic rings. The van der Waals surface area contributed by atoms with Crippen LogP contribution in [0.3, 0.4) is 0 Å². The molecule has 0 aromatic heterocycles. The number of carbonyl (C=O) groups excluding carboxylic acids is 3. The zero-order valence-electron chi connectivity index (χ0n) is 14.3. The van der Waals surface area contributed by atoms with Gasteiger partial charge in [-0.3, -0.25) is 14.5 Å². The number of ketones is 1. The number of Topliss-reactive ketones (excluding diaryl/α,β-unsaturated/α-hetero) is 1. The van der Waals surface area contributed by atoms with Crippen molar-refractivity contribution in [3.63, 3.8) is 0 Å². The molecule has 8 heteroatoms. The number of hydrogen-bond donors (Lipinski definition) is 1. The predicted molar refractivity (Wildman–Crippen MR) is 90.9 cm³/mol. The highest BCUT2D eigenvalue weighted by Crippen LogP contribution is 2.37. The van der Waals surface area contributed by atoms with E-state index in [1.807, 2.05) is 0 Å². The maximum absolute atomic E-state index is 13.3. The molecule has 4 rings (SSSR count). The summed E-state index contributed by atoms with van der Waals surface area (Å²) < 4.78 is 23.9. The van der Waals surface area contributed by atoms with Crippen molar-refractivity contribution < 1.29 is 28.2 Å². The molecule has 27 heavy (non-hydrogen) atoms. The van der Waals surface area contributed by atoms with Crippen LogP contribution in [0.25, 0.3) is 0 Å². The van der Waals surface area contributed by atoms with Crippen LogP contribution in [0.2, 0.25) is 0 Å². The van der Waals surface area contributed by atoms with E-state index < -0.39 is 35.6 Å². The van der Waals surface area contributed by atoms with Crippen molar-refractivity contribution in [2.75, 3.05) is 13.3 Å². The highest BCUT2D eigenvalue weighted by Gasteiger charge is 2.49. The van der Waals surface area contributed by atoms with Gasteiger partial charge in [0, 0.05) is 5.56 Å². The maximum atomic E-state index is 13.3. The third-order valence-electron chi connectivity index (χ3n) is 4.67. The number of amides is 3. The molecular formula is C19H15FN2O5. The van der Waals surface area contributed by atoms with Gasteiger partial charge in [0.2, 0.25) is 6.79 Å². The minimum Gasteiger partial charge on any atom is -0.454 e. The second kappa shape index (κ2) is 6.08. The first-order chi connectivity index (χ1) is 12.9. The molecule has 138 valence electrons. The Morgan fingerprint density at radius 3 is 2.74 bits per heavy atom. The van der Waals surface area contributed by atoms with Gasteiger partial charge in [0.15, 0.2) is 17.3 Å². The van der Waals surface area contributed by atoms with Gasteiger partial charge in [0.1, 0.15) is 11.4 Å². The Hall–Kier alpha value is -3.42. The van der Waals surface area contributed by atoms with Crippen LogP contribution < -0.4 is 14.8 Å². The molecule has 1 saturated heterocycles. The number of urea groups is 1. The van der Waals surface area contributed by atoms with Gasteiger partial charge < -0.3 is 14.8 Å². The lowest BCUT2D eigenvalue weighted by molar-refractivity contribution is -0.130. The van der Waals surface area contributed by atoms with Crippen LogP contribution in [-0.4, -0.2) is 36.0 Å². The second-order valence-corrected chi connectivity index (χ2v) is 6.45. The van der Waals surface area contributed by atoms with Crippen LogP contribution >= 0.6 is 0 Å². The van der Waals surface area contributed by atoms with Crippen molar-refractivity contribution >= 4 is 17.7 Å². The monoisotopic (exact) mass is 370 g/mol. The largest absolute Gasteiger partial charge is 0.454 e. The molecule has 0 bridgehead atoms. The Kier molecular flexibility index (Phi) is 3.83. The molecule has 2 aromatic rings. The van der Waals surface area contributed by atoms with Gasteiger partial charge >= 0.3 is 6.03 Å². The van der Waals surface area contributed by atoms with E-state index in [1.165, 1.54) is 18.2 Å². The van der Waals surface area contributed by atoms with Crippen LogP contribution in [0.15, 0.2) is 42.5 Å². The fraction of sp³-hybridized carbons (Fsp3) is 0.211. The number of benzene rings is 2. The summed E-state index contributed by atoms with van der Waals surface area (Å²) in [6.07, 6.45) is 0. The standard InChI is InChI=1S/C19H15FN2O5/c1-19(12-5-6-15-16(8-12)27-10-26-15)17(24)22(18(25)21-19)9-14(23)11-3-2-4-13(20)7-11/h2-8H,9-10H2,1H3,(H,21,25)/t19-/m1/s1. The number of ether oxygens (including phenoxy) is 2. The molecule has 1 atom stereocenters. The minimum atomic E-state index is -1.35. The molecule has 0 unspecified atom stereocenters. The molecule has 0 radical (unpaired) electrons. The molecule has 1 fully saturated rings. The Morgan fingerprint density at radius 1 is 1.19 bits per heavy atom. The van der Waals surface area contributed by atoms with E-state index in [9.17, 15) is 18.8 Å². The quantitative estimate of drug-likeness (QED) is 0.659. The third-order valence-corrected chi connectivity index (χ3v) is 4.67. The highest BCUT2D eigenvalue weighted by molar-refractivity contribution is 6.11. The molecule has 7 nitrogen and oxygen atoms in total. The van der Waals surface area contributed by atoms with Crippen molar-refractivity contribution in [2.24, 2.45) is 0 Å². The lowest BCUT2D eigenvalue weighted by Gasteiger charge is -2.22. The third kappa shape index (κ3) is 2.79. The van der Waals surface area contributed by atoms with Gasteiger partial charge in [-0.15, -0.1) is 0 Å². The predicted octanol–water partition coefficient (Wildman–Crippen LogP) is 2.20. The Morgan fingerprint density at radius 2 is 1.96 bits per heavy atom. The Bertz CT molecular complexity index is 976. The lowest BCUT2D eigenvalue weighted by Crippen LogP contribution is -2.41. The molecule has 2 aromatic carbocycles. The number of nitrogens with zero attached hydrogens (tertiary/aromatic N) is 1. The van der Waals surface area contributed by atoms with E-state index in [1.54, 1.807) is 25.1 Å². The van der Waals surface area contributed by atoms with Gasteiger partial charge in [0.05, 0.1) is 6.54 Å². The summed E-state index contributed by atoms with van der Waals surface area (Å²) in [7, 11) is 0. The number of nitrogens with one attached hydrogen (secondary N) is 1. The van der Waals surface area contributed by atoms with Gasteiger partial charge in [-0.05, 0) is 36.8 Å². The molecule has 0 saturated carbocycles. The summed E-state index contributed by atoms with van der Waals surface area (Å²) in [4.78, 5) is 38.5. The fourth-order valence-corrected chi connectivity index (χ4v) is 3.14. The summed E-state index contributed by atoms with van der Waals surface area (Å²) in [6, 6.07) is 9.35. The van der Waals surface area contributed by atoms with Crippen LogP contribution in [0.4, 0.5) is 9.18 Å². The number of imide groups is 1. The zero-order chi connectivity index (χ0) is 19.2. The zero-order valence-corrected chi connectivity index (χ0v) is 14.3. The first-order valence-corrected chi connectivity index (χ1v) is 8.21. The van der Waals surface area contributed by atoms with E-state index in [-0.39, 0.29) is 12.4 Å². The van der Waals surface area contributed by atoms with E-state index >= 15 is 0 Å². The van der Waals surface area contributed by atoms with E-state index in [2.05, 4.69) is 5.32 Å². The average molecular weight is 370 g/mol. The topological polar surface area (TPSA) is 84.9 Å². The van der Waals surface area contributed by atoms with E-state index in [0.29, 0.717) is 17.1 Å². The average Bonchev–Trinajstić information content (AvgIpc) is 3.20. The number of halogens is 1. The van der Waals surface area contributed by atoms with Crippen LogP contribution in [-0.2, 0) is 10.3 Å². The van der Waals surface area contributed by atoms with Crippen molar-refractivity contribution in [2.45, 2.75) is 12.5 Å². The maximum Gasteiger partial charge on any atom is 0.325 e. The van der Waals surface area contributed by atoms with Crippen molar-refractivity contribution in [3.8, 4) is 11.5 Å². The molecule has 1 N–H and O–H groups in total. The van der Waals surface area contributed by atoms with Crippen molar-refractivity contribution in [1.82, 2.24) is 10.2 Å². The SMILES string of the molecule is C[C@]1(c2ccc3c(c2)OCO3)NC(=O)N(CC(=O)c2cccc(F)c2)C1=O. The molecule has 0 aliphatic carbocycles. The van der Waals surface area contributed by atoms with Gasteiger partial charge in [-0.2, -0.15) is 0 Å². The van der Waals surface area contributed by atoms with Gasteiger partial charge in [0.25, 0.3) is 5.91 Å². The number of hydrogen-bond acceptors (Lipinski definition) is 5. The van der Waals surface area contributed by atoms with Crippen LogP contribution in [0.1, 0.15) is 22.8 Å². The number of rotatable bonds is 4. The molecule has 3 amide bonds. The first-order valence-electron chi connectivity index (χ1n) is 8.21. The molecular weight excluding hydrogens is 355 g/mol. The lowest BCUT2D eigenvalue weighted by atomic mass is 9.91. The second-order valence-electron chi connectivity index (χ2n) is 6.45. The van der Waals surface area contributed by atoms with E-state index in [0.717, 1.165) is 11.0 Å². The van der Waals surface area contributed by atoms with E-state index in [4.69, 9.17) is 9.47 Å². The molecule has 2 aliphatic heterocycles. The van der Waals surface area contributed by atoms with Crippen LogP contribution in [0, 0.1) is 5.82 Å². The van der Waals surface area contributed by atoms with Crippen molar-refractivity contribution in [1.29, 1.82) is 0 Å². The number of carbonyl (C=O) groups is 3. The summed E-state index contributed by atoms with van der Waals surface area (Å²) in [5.74, 6) is -0.644. The Labute approximate surface area is 153 Å². The minimum absolute atomic E-state index is 0.0874. The number of fused-ring (bicyclic) bond motifs is 1. The smallest absolute Gasteiger partial charge is 0.325 e. The van der Waals surface area contributed by atoms with Crippen molar-refractivity contribution in [3.05, 3.63) is 59.4 Å². The molecule has 0 spiro atoms. The summed E-state index contributed by atoms with van der Waals surface area (Å²) in [5, 5.41) is 2.62. The fourth-order valence-electron chi connectivity index (χ4n) is 3.14. The first kappa shape index (κ1) is 17.0. The van der Waals surface area contributed by atoms with Crippen LogP contribution in [0.5, 0.6) is 11.5 Å². The van der Waals surface area contributed by atoms with Gasteiger partial charge in [-0.25, -0.2) is 9.18 Å². The molecule has 2 heterocycles. The highest BCUT2D eigenvalue weighted by atomic mass is 19.1. The summed E-state index contributed by atoms with van der Waals surface area (Å²) in [5.41, 5.74) is -0.751. The summed E-state index contributed by atoms with van der Waals surface area (Å²) in [6.45, 7) is 1.16. The normalized spacial score (nSPS) is 20.7. The summed E-state index contributed by atoms with van der Waals surface area (Å²) >= 11 is 0. The Balaban J connectivity index is 1.59. The van der Waals surface area contributed by atoms with Gasteiger partial charge in [-0.1, -0.05) is 18.2 Å².